The molecule has 0 fully saturated rings. The van der Waals surface area contributed by atoms with Crippen LogP contribution >= 0.6 is 0 Å². The molecule has 0 aliphatic rings. The van der Waals surface area contributed by atoms with Crippen molar-refractivity contribution in [3.63, 3.8) is 0 Å². The molecule has 0 radical (unpaired) electrons. The summed E-state index contributed by atoms with van der Waals surface area (Å²) in [5.74, 6) is 0. The van der Waals surface area contributed by atoms with E-state index in [-0.39, 0.29) is 0 Å². The van der Waals surface area contributed by atoms with E-state index in [1.54, 1.807) is 6.33 Å². The average Bonchev–Trinajstić information content (AvgIpc) is 2.03. The summed E-state index contributed by atoms with van der Waals surface area (Å²) in [5.41, 5.74) is 4.53. The monoisotopic (exact) mass is 162 g/mol. The minimum absolute atomic E-state index is 1.05. The third kappa shape index (κ3) is 1.52. The summed E-state index contributed by atoms with van der Waals surface area (Å²) >= 11 is 0. The van der Waals surface area contributed by atoms with Gasteiger partial charge in [0.25, 0.3) is 0 Å². The molecule has 0 N–H and O–H groups in total. The predicted octanol–water partition coefficient (Wildman–Crippen LogP) is 2.52. The van der Waals surface area contributed by atoms with Gasteiger partial charge in [-0.05, 0) is 33.3 Å². The number of aromatic nitrogens is 2. The second-order valence-corrected chi connectivity index (χ2v) is 2.89. The lowest BCUT2D eigenvalue weighted by atomic mass is 10.0. The smallest absolute Gasteiger partial charge is 0.115 e. The van der Waals surface area contributed by atoms with Gasteiger partial charge in [0, 0.05) is 17.0 Å². The molecule has 0 amide bonds. The van der Waals surface area contributed by atoms with Crippen LogP contribution in [0.3, 0.4) is 0 Å². The lowest BCUT2D eigenvalue weighted by molar-refractivity contribution is 1.03. The minimum atomic E-state index is 1.05. The van der Waals surface area contributed by atoms with E-state index in [1.165, 1.54) is 11.1 Å². The molecular weight excluding hydrogens is 148 g/mol. The van der Waals surface area contributed by atoms with E-state index in [0.717, 1.165) is 11.4 Å². The van der Waals surface area contributed by atoms with Crippen molar-refractivity contribution < 1.29 is 0 Å². The number of allylic oxidation sites excluding steroid dienone is 2. The zero-order valence-electron chi connectivity index (χ0n) is 8.05. The maximum absolute atomic E-state index is 4.16. The fraction of sp³-hybridized carbons (Fsp3) is 0.400. The third-order valence-corrected chi connectivity index (χ3v) is 2.05. The van der Waals surface area contributed by atoms with Crippen LogP contribution in [0.5, 0.6) is 0 Å². The summed E-state index contributed by atoms with van der Waals surface area (Å²) in [6, 6.07) is 0. The molecule has 64 valence electrons. The van der Waals surface area contributed by atoms with Crippen LogP contribution in [-0.4, -0.2) is 9.97 Å². The van der Waals surface area contributed by atoms with Crippen LogP contribution in [-0.2, 0) is 0 Å². The van der Waals surface area contributed by atoms with Crippen molar-refractivity contribution in [3.8, 4) is 0 Å². The summed E-state index contributed by atoms with van der Waals surface area (Å²) in [6.45, 7) is 8.13. The fourth-order valence-electron chi connectivity index (χ4n) is 1.31. The molecule has 0 saturated heterocycles. The van der Waals surface area contributed by atoms with Gasteiger partial charge >= 0.3 is 0 Å². The lowest BCUT2D eigenvalue weighted by Crippen LogP contribution is -1.96. The van der Waals surface area contributed by atoms with Gasteiger partial charge in [-0.1, -0.05) is 6.08 Å². The molecular formula is C10H14N2. The highest BCUT2D eigenvalue weighted by Crippen LogP contribution is 2.18. The van der Waals surface area contributed by atoms with Gasteiger partial charge in [-0.15, -0.1) is 0 Å². The van der Waals surface area contributed by atoms with Gasteiger partial charge in [0.2, 0.25) is 0 Å². The van der Waals surface area contributed by atoms with Crippen molar-refractivity contribution in [2.24, 2.45) is 0 Å². The second-order valence-electron chi connectivity index (χ2n) is 2.89. The van der Waals surface area contributed by atoms with Crippen LogP contribution in [0.1, 0.15) is 30.8 Å². The molecule has 0 bridgehead atoms. The fourth-order valence-corrected chi connectivity index (χ4v) is 1.31. The van der Waals surface area contributed by atoms with E-state index in [0.29, 0.717) is 0 Å². The Balaban J connectivity index is 3.31. The third-order valence-electron chi connectivity index (χ3n) is 2.05. The Morgan fingerprint density at radius 3 is 2.17 bits per heavy atom. The molecule has 2 heteroatoms. The Morgan fingerprint density at radius 1 is 1.25 bits per heavy atom. The first kappa shape index (κ1) is 8.91. The second kappa shape index (κ2) is 3.48. The summed E-state index contributed by atoms with van der Waals surface area (Å²) < 4.78 is 0. The molecule has 0 unspecified atom stereocenters. The van der Waals surface area contributed by atoms with Gasteiger partial charge in [-0.3, -0.25) is 0 Å². The van der Waals surface area contributed by atoms with Crippen molar-refractivity contribution in [1.82, 2.24) is 9.97 Å². The number of nitrogens with zero attached hydrogens (tertiary/aromatic N) is 2. The predicted molar refractivity (Wildman–Crippen MR) is 50.8 cm³/mol. The number of rotatable bonds is 1. The highest BCUT2D eigenvalue weighted by atomic mass is 14.8. The molecule has 0 aliphatic heterocycles. The van der Waals surface area contributed by atoms with Gasteiger partial charge in [0.1, 0.15) is 6.33 Å². The van der Waals surface area contributed by atoms with Crippen molar-refractivity contribution in [2.45, 2.75) is 27.7 Å². The molecule has 0 aromatic carbocycles. The first-order valence-corrected chi connectivity index (χ1v) is 4.08. The standard InChI is InChI=1S/C10H14N2/c1-5-7(2)10-8(3)11-6-12-9(10)4/h5-6H,1-4H3/b7-5-. The van der Waals surface area contributed by atoms with Crippen molar-refractivity contribution in [3.05, 3.63) is 29.4 Å². The van der Waals surface area contributed by atoms with E-state index < -0.39 is 0 Å². The Labute approximate surface area is 73.4 Å². The summed E-state index contributed by atoms with van der Waals surface area (Å²) in [5, 5.41) is 0. The van der Waals surface area contributed by atoms with Crippen LogP contribution in [0.4, 0.5) is 0 Å². The van der Waals surface area contributed by atoms with Gasteiger partial charge in [-0.25, -0.2) is 9.97 Å². The highest BCUT2D eigenvalue weighted by molar-refractivity contribution is 5.66. The SMILES string of the molecule is C/C=C(/C)c1c(C)ncnc1C. The number of aryl methyl sites for hydroxylation is 2. The first-order valence-electron chi connectivity index (χ1n) is 4.08. The zero-order chi connectivity index (χ0) is 9.14. The van der Waals surface area contributed by atoms with E-state index >= 15 is 0 Å². The molecule has 1 aromatic heterocycles. The van der Waals surface area contributed by atoms with E-state index in [4.69, 9.17) is 0 Å². The van der Waals surface area contributed by atoms with Crippen molar-refractivity contribution >= 4 is 5.57 Å². The van der Waals surface area contributed by atoms with E-state index in [9.17, 15) is 0 Å². The van der Waals surface area contributed by atoms with Crippen molar-refractivity contribution in [2.75, 3.05) is 0 Å². The Hall–Kier alpha value is -1.18. The molecule has 1 rings (SSSR count). The van der Waals surface area contributed by atoms with Gasteiger partial charge in [0.15, 0.2) is 0 Å². The number of hydrogen-bond donors (Lipinski definition) is 0. The van der Waals surface area contributed by atoms with Crippen LogP contribution in [0.15, 0.2) is 12.4 Å². The van der Waals surface area contributed by atoms with Crippen LogP contribution < -0.4 is 0 Å². The molecule has 2 nitrogen and oxygen atoms in total. The van der Waals surface area contributed by atoms with Crippen LogP contribution in [0.25, 0.3) is 5.57 Å². The first-order chi connectivity index (χ1) is 5.66. The van der Waals surface area contributed by atoms with Crippen LogP contribution in [0, 0.1) is 13.8 Å². The molecule has 0 atom stereocenters. The molecule has 1 heterocycles. The lowest BCUT2D eigenvalue weighted by Gasteiger charge is -2.06. The Kier molecular flexibility index (Phi) is 2.58. The molecule has 0 aliphatic carbocycles. The highest BCUT2D eigenvalue weighted by Gasteiger charge is 2.04. The van der Waals surface area contributed by atoms with Gasteiger partial charge in [0.05, 0.1) is 0 Å². The summed E-state index contributed by atoms with van der Waals surface area (Å²) in [7, 11) is 0. The molecule has 12 heavy (non-hydrogen) atoms. The van der Waals surface area contributed by atoms with Crippen molar-refractivity contribution in [1.29, 1.82) is 0 Å². The average molecular weight is 162 g/mol. The largest absolute Gasteiger partial charge is 0.241 e. The molecule has 0 spiro atoms. The quantitative estimate of drug-likeness (QED) is 0.634. The number of hydrogen-bond acceptors (Lipinski definition) is 2. The summed E-state index contributed by atoms with van der Waals surface area (Å²) in [6.07, 6.45) is 3.69. The topological polar surface area (TPSA) is 25.8 Å². The molecule has 1 aromatic rings. The van der Waals surface area contributed by atoms with Crippen LogP contribution in [0.2, 0.25) is 0 Å². The van der Waals surface area contributed by atoms with Gasteiger partial charge < -0.3 is 0 Å². The minimum Gasteiger partial charge on any atom is -0.241 e. The van der Waals surface area contributed by atoms with E-state index in [2.05, 4.69) is 23.0 Å². The van der Waals surface area contributed by atoms with E-state index in [1.807, 2.05) is 20.8 Å². The Morgan fingerprint density at radius 2 is 1.75 bits per heavy atom. The normalized spacial score (nSPS) is 11.8. The molecule has 0 saturated carbocycles. The maximum atomic E-state index is 4.16. The van der Waals surface area contributed by atoms with Gasteiger partial charge in [-0.2, -0.15) is 0 Å². The maximum Gasteiger partial charge on any atom is 0.115 e. The Bertz CT molecular complexity index is 293. The zero-order valence-corrected chi connectivity index (χ0v) is 8.05. The summed E-state index contributed by atoms with van der Waals surface area (Å²) in [4.78, 5) is 8.31.